The molecule has 3 heterocycles. The number of hydrogen-bond donors (Lipinski definition) is 1. The van der Waals surface area contributed by atoms with Crippen molar-refractivity contribution in [1.82, 2.24) is 9.55 Å². The molecule has 0 unspecified atom stereocenters. The van der Waals surface area contributed by atoms with E-state index in [2.05, 4.69) is 4.98 Å². The van der Waals surface area contributed by atoms with E-state index in [1.807, 2.05) is 0 Å². The van der Waals surface area contributed by atoms with Gasteiger partial charge >= 0.3 is 11.7 Å². The molecule has 28 heavy (non-hydrogen) atoms. The zero-order chi connectivity index (χ0) is 20.2. The molecule has 0 amide bonds. The summed E-state index contributed by atoms with van der Waals surface area (Å²) in [5.74, 6) is 0.234. The molecule has 10 heteroatoms. The number of aromatic nitrogens is 3. The molecule has 1 aromatic carbocycles. The first-order chi connectivity index (χ1) is 13.2. The maximum absolute atomic E-state index is 13.1. The number of benzene rings is 1. The summed E-state index contributed by atoms with van der Waals surface area (Å²) in [7, 11) is 1.55. The van der Waals surface area contributed by atoms with Gasteiger partial charge in [0.05, 0.1) is 23.9 Å². The van der Waals surface area contributed by atoms with Gasteiger partial charge < -0.3 is 5.11 Å². The molecular formula is C18H14ClF3N3O2S+. The molecule has 0 saturated heterocycles. The Hall–Kier alpha value is -2.39. The first-order valence-electron chi connectivity index (χ1n) is 8.33. The largest absolute Gasteiger partial charge is 0.477 e. The minimum Gasteiger partial charge on any atom is -0.477 e. The highest BCUT2D eigenvalue weighted by atomic mass is 35.5. The normalized spacial score (nSPS) is 16.4. The lowest BCUT2D eigenvalue weighted by atomic mass is 10.0. The smallest absolute Gasteiger partial charge is 0.416 e. The molecule has 0 saturated carbocycles. The summed E-state index contributed by atoms with van der Waals surface area (Å²) in [5, 5.41) is 10.9. The molecular weight excluding hydrogens is 415 g/mol. The topological polar surface area (TPSA) is 59.0 Å². The molecule has 0 aliphatic carbocycles. The third-order valence-electron chi connectivity index (χ3n) is 4.89. The van der Waals surface area contributed by atoms with Crippen molar-refractivity contribution in [2.45, 2.75) is 25.1 Å². The molecule has 2 aromatic heterocycles. The van der Waals surface area contributed by atoms with E-state index in [9.17, 15) is 23.1 Å². The van der Waals surface area contributed by atoms with Gasteiger partial charge in [-0.1, -0.05) is 23.7 Å². The lowest BCUT2D eigenvalue weighted by Crippen LogP contribution is -2.45. The van der Waals surface area contributed by atoms with Gasteiger partial charge in [0.15, 0.2) is 10.0 Å². The second-order valence-corrected chi connectivity index (χ2v) is 8.14. The highest BCUT2D eigenvalue weighted by Gasteiger charge is 2.39. The zero-order valence-electron chi connectivity index (χ0n) is 14.5. The third-order valence-corrected chi connectivity index (χ3v) is 6.11. The van der Waals surface area contributed by atoms with Crippen molar-refractivity contribution in [1.29, 1.82) is 0 Å². The van der Waals surface area contributed by atoms with Crippen LogP contribution in [-0.2, 0) is 19.6 Å². The maximum Gasteiger partial charge on any atom is 0.416 e. The Morgan fingerprint density at radius 2 is 2.14 bits per heavy atom. The molecule has 146 valence electrons. The fraction of sp³-hybridized carbons (Fsp3) is 0.278. The number of halogens is 4. The van der Waals surface area contributed by atoms with Gasteiger partial charge in [-0.2, -0.15) is 22.3 Å². The Morgan fingerprint density at radius 3 is 2.79 bits per heavy atom. The summed E-state index contributed by atoms with van der Waals surface area (Å²) in [6.45, 7) is 0. The van der Waals surface area contributed by atoms with Gasteiger partial charge in [-0.05, 0) is 17.7 Å². The first-order valence-corrected chi connectivity index (χ1v) is 9.53. The number of aromatic hydroxyl groups is 1. The summed E-state index contributed by atoms with van der Waals surface area (Å²) in [6.07, 6.45) is -1.80. The Balaban J connectivity index is 1.94. The number of alkyl halides is 3. The fourth-order valence-electron chi connectivity index (χ4n) is 3.59. The molecule has 1 aliphatic heterocycles. The van der Waals surface area contributed by atoms with E-state index in [0.717, 1.165) is 17.0 Å². The monoisotopic (exact) mass is 428 g/mol. The molecule has 0 bridgehead atoms. The second-order valence-electron chi connectivity index (χ2n) is 6.50. The molecule has 3 aromatic rings. The van der Waals surface area contributed by atoms with E-state index in [0.29, 0.717) is 23.1 Å². The molecule has 0 fully saturated rings. The van der Waals surface area contributed by atoms with Crippen molar-refractivity contribution in [2.24, 2.45) is 7.05 Å². The number of nitrogens with zero attached hydrogens (tertiary/aromatic N) is 3. The molecule has 1 N–H and O–H groups in total. The van der Waals surface area contributed by atoms with Gasteiger partial charge in [0.2, 0.25) is 0 Å². The van der Waals surface area contributed by atoms with Gasteiger partial charge in [0.25, 0.3) is 11.7 Å². The highest BCUT2D eigenvalue weighted by molar-refractivity contribution is 7.15. The lowest BCUT2D eigenvalue weighted by molar-refractivity contribution is -0.715. The lowest BCUT2D eigenvalue weighted by Gasteiger charge is -2.13. The Morgan fingerprint density at radius 1 is 1.39 bits per heavy atom. The number of fused-ring (bicyclic) bond motifs is 1. The average Bonchev–Trinajstić information content (AvgIpc) is 3.26. The molecule has 1 atom stereocenters. The SMILES string of the molecule is Cn1c2[n+](c(O)c(-c3cccc(C(F)(F)F)c3)c1=O)[C@@H](c1cnc(Cl)s1)CC2. The van der Waals surface area contributed by atoms with E-state index in [-0.39, 0.29) is 23.0 Å². The quantitative estimate of drug-likeness (QED) is 0.633. The summed E-state index contributed by atoms with van der Waals surface area (Å²) in [5.41, 5.74) is -1.59. The van der Waals surface area contributed by atoms with Crippen molar-refractivity contribution in [3.05, 3.63) is 61.5 Å². The van der Waals surface area contributed by atoms with Crippen LogP contribution in [0, 0.1) is 0 Å². The highest BCUT2D eigenvalue weighted by Crippen LogP contribution is 2.36. The van der Waals surface area contributed by atoms with Crippen LogP contribution < -0.4 is 10.1 Å². The molecule has 1 aliphatic rings. The maximum atomic E-state index is 13.1. The van der Waals surface area contributed by atoms with Crippen LogP contribution in [0.1, 0.15) is 28.7 Å². The summed E-state index contributed by atoms with van der Waals surface area (Å²) < 4.78 is 42.6. The van der Waals surface area contributed by atoms with Gasteiger partial charge in [0, 0.05) is 12.6 Å². The summed E-state index contributed by atoms with van der Waals surface area (Å²) in [4.78, 5) is 17.7. The number of thiazole rings is 1. The van der Waals surface area contributed by atoms with Crippen LogP contribution in [0.25, 0.3) is 11.1 Å². The van der Waals surface area contributed by atoms with Gasteiger partial charge in [0.1, 0.15) is 6.04 Å². The van der Waals surface area contributed by atoms with E-state index in [4.69, 9.17) is 11.6 Å². The summed E-state index contributed by atoms with van der Waals surface area (Å²) in [6, 6.07) is 4.10. The third kappa shape index (κ3) is 2.98. The van der Waals surface area contributed by atoms with Crippen LogP contribution in [0.15, 0.2) is 35.3 Å². The first kappa shape index (κ1) is 18.9. The molecule has 0 spiro atoms. The predicted molar refractivity (Wildman–Crippen MR) is 97.6 cm³/mol. The fourth-order valence-corrected chi connectivity index (χ4v) is 4.67. The van der Waals surface area contributed by atoms with Gasteiger partial charge in [-0.25, -0.2) is 9.78 Å². The molecule has 4 rings (SSSR count). The van der Waals surface area contributed by atoms with Crippen molar-refractivity contribution in [3.8, 4) is 17.0 Å². The van der Waals surface area contributed by atoms with Crippen molar-refractivity contribution >= 4 is 22.9 Å². The minimum atomic E-state index is -4.55. The van der Waals surface area contributed by atoms with Crippen LogP contribution >= 0.6 is 22.9 Å². The Kier molecular flexibility index (Phi) is 4.46. The van der Waals surface area contributed by atoms with Gasteiger partial charge in [-0.15, -0.1) is 11.3 Å². The van der Waals surface area contributed by atoms with Gasteiger partial charge in [-0.3, -0.25) is 0 Å². The zero-order valence-corrected chi connectivity index (χ0v) is 16.1. The van der Waals surface area contributed by atoms with Crippen molar-refractivity contribution in [2.75, 3.05) is 0 Å². The molecule has 5 nitrogen and oxygen atoms in total. The van der Waals surface area contributed by atoms with Crippen molar-refractivity contribution in [3.63, 3.8) is 0 Å². The standard InChI is InChI=1S/C18H13ClF3N3O2S/c1-24-13-6-5-11(12-8-23-17(19)28-12)25(13)16(27)14(15(24)26)9-3-2-4-10(7-9)18(20,21)22/h2-4,7-8,11H,5-6H2,1H3/p+1/t11-/m1/s1. The van der Waals surface area contributed by atoms with E-state index in [1.165, 1.54) is 28.0 Å². The minimum absolute atomic E-state index is 0.0104. The molecule has 0 radical (unpaired) electrons. The van der Waals surface area contributed by atoms with Crippen LogP contribution in [0.2, 0.25) is 4.47 Å². The van der Waals surface area contributed by atoms with Crippen molar-refractivity contribution < 1.29 is 22.8 Å². The van der Waals surface area contributed by atoms with Crippen LogP contribution in [0.3, 0.4) is 0 Å². The van der Waals surface area contributed by atoms with E-state index >= 15 is 0 Å². The predicted octanol–water partition coefficient (Wildman–Crippen LogP) is 3.71. The number of hydrogen-bond acceptors (Lipinski definition) is 4. The summed E-state index contributed by atoms with van der Waals surface area (Å²) >= 11 is 7.18. The Bertz CT molecular complexity index is 1140. The van der Waals surface area contributed by atoms with E-state index in [1.54, 1.807) is 17.8 Å². The van der Waals surface area contributed by atoms with Crippen LogP contribution in [0.4, 0.5) is 13.2 Å². The Labute approximate surface area is 166 Å². The van der Waals surface area contributed by atoms with E-state index < -0.39 is 17.3 Å². The number of rotatable bonds is 2. The van der Waals surface area contributed by atoms with Crippen LogP contribution in [0.5, 0.6) is 5.88 Å². The second kappa shape index (κ2) is 6.59. The van der Waals surface area contributed by atoms with Crippen LogP contribution in [-0.4, -0.2) is 14.7 Å². The average molecular weight is 429 g/mol.